The predicted octanol–water partition coefficient (Wildman–Crippen LogP) is -0.126. The maximum Gasteiger partial charge on any atom is 0.298 e. The van der Waals surface area contributed by atoms with E-state index in [4.69, 9.17) is 15.2 Å². The summed E-state index contributed by atoms with van der Waals surface area (Å²) in [6.45, 7) is 0.108. The summed E-state index contributed by atoms with van der Waals surface area (Å²) in [5.41, 5.74) is 6.18. The van der Waals surface area contributed by atoms with E-state index in [1.807, 2.05) is 0 Å². The number of nitrogens with one attached hydrogen (secondary N) is 2. The average Bonchev–Trinajstić information content (AvgIpc) is 2.65. The van der Waals surface area contributed by atoms with E-state index in [0.717, 1.165) is 0 Å². The van der Waals surface area contributed by atoms with Gasteiger partial charge in [-0.3, -0.25) is 4.72 Å². The molecule has 0 aliphatic carbocycles. The van der Waals surface area contributed by atoms with Crippen LogP contribution >= 0.6 is 0 Å². The largest absolute Gasteiger partial charge is 0.454 e. The number of nitrogens with two attached hydrogens (primary N) is 1. The van der Waals surface area contributed by atoms with Crippen LogP contribution in [-0.4, -0.2) is 22.3 Å². The van der Waals surface area contributed by atoms with Crippen LogP contribution in [0.2, 0.25) is 0 Å². The number of rotatable bonds is 3. The average molecular weight is 245 g/mol. The molecular weight excluding hydrogens is 234 g/mol. The van der Waals surface area contributed by atoms with Gasteiger partial charge in [0.15, 0.2) is 11.5 Å². The minimum Gasteiger partial charge on any atom is -0.454 e. The summed E-state index contributed by atoms with van der Waals surface area (Å²) in [4.78, 5) is 0. The molecule has 0 fully saturated rings. The van der Waals surface area contributed by atoms with Gasteiger partial charge in [-0.2, -0.15) is 8.42 Å². The summed E-state index contributed by atoms with van der Waals surface area (Å²) in [6, 6.07) is 2.99. The Bertz CT molecular complexity index is 514. The first-order valence-corrected chi connectivity index (χ1v) is 5.90. The lowest BCUT2D eigenvalue weighted by Crippen LogP contribution is -2.26. The molecule has 0 saturated heterocycles. The Kier molecular flexibility index (Phi) is 2.52. The second-order valence-corrected chi connectivity index (χ2v) is 4.72. The quantitative estimate of drug-likeness (QED) is 0.644. The van der Waals surface area contributed by atoms with Gasteiger partial charge >= 0.3 is 0 Å². The topological polar surface area (TPSA) is 103 Å². The summed E-state index contributed by atoms with van der Waals surface area (Å²) in [5.74, 6) is 0.966. The summed E-state index contributed by atoms with van der Waals surface area (Å²) in [7, 11) is -2.29. The van der Waals surface area contributed by atoms with Crippen LogP contribution in [0.3, 0.4) is 0 Å². The molecule has 1 aromatic rings. The molecule has 1 heterocycles. The van der Waals surface area contributed by atoms with Gasteiger partial charge in [0, 0.05) is 19.2 Å². The third kappa shape index (κ3) is 1.97. The van der Waals surface area contributed by atoms with Crippen molar-refractivity contribution < 1.29 is 17.9 Å². The van der Waals surface area contributed by atoms with Crippen LogP contribution in [0, 0.1) is 0 Å². The van der Waals surface area contributed by atoms with Gasteiger partial charge < -0.3 is 15.2 Å². The van der Waals surface area contributed by atoms with Crippen molar-refractivity contribution in [2.45, 2.75) is 0 Å². The van der Waals surface area contributed by atoms with E-state index in [1.54, 1.807) is 0 Å². The van der Waals surface area contributed by atoms with Gasteiger partial charge in [0.25, 0.3) is 10.2 Å². The minimum absolute atomic E-state index is 0.108. The van der Waals surface area contributed by atoms with E-state index in [2.05, 4.69) is 9.44 Å². The molecule has 16 heavy (non-hydrogen) atoms. The number of benzene rings is 1. The first-order valence-electron chi connectivity index (χ1n) is 4.42. The van der Waals surface area contributed by atoms with Gasteiger partial charge in [-0.1, -0.05) is 0 Å². The lowest BCUT2D eigenvalue weighted by atomic mass is 10.2. The van der Waals surface area contributed by atoms with Crippen LogP contribution in [0.15, 0.2) is 12.1 Å². The van der Waals surface area contributed by atoms with Gasteiger partial charge in [0.2, 0.25) is 6.79 Å². The third-order valence-corrected chi connectivity index (χ3v) is 3.08. The fourth-order valence-corrected chi connectivity index (χ4v) is 1.81. The van der Waals surface area contributed by atoms with Gasteiger partial charge in [-0.25, -0.2) is 4.72 Å². The van der Waals surface area contributed by atoms with E-state index in [-0.39, 0.29) is 18.2 Å². The maximum absolute atomic E-state index is 11.3. The van der Waals surface area contributed by atoms with Crippen molar-refractivity contribution in [2.75, 3.05) is 24.3 Å². The number of ether oxygens (including phenoxy) is 2. The Morgan fingerprint density at radius 1 is 1.31 bits per heavy atom. The van der Waals surface area contributed by atoms with E-state index < -0.39 is 10.2 Å². The monoisotopic (exact) mass is 245 g/mol. The molecule has 0 aromatic heterocycles. The molecule has 88 valence electrons. The summed E-state index contributed by atoms with van der Waals surface area (Å²) in [6.07, 6.45) is 0. The van der Waals surface area contributed by atoms with Crippen molar-refractivity contribution in [1.82, 2.24) is 4.72 Å². The number of fused-ring (bicyclic) bond motifs is 1. The Balaban J connectivity index is 2.36. The third-order valence-electron chi connectivity index (χ3n) is 2.06. The highest BCUT2D eigenvalue weighted by Crippen LogP contribution is 2.38. The zero-order chi connectivity index (χ0) is 11.8. The Hall–Kier alpha value is -1.67. The Labute approximate surface area is 92.7 Å². The second-order valence-electron chi connectivity index (χ2n) is 3.10. The van der Waals surface area contributed by atoms with Crippen LogP contribution in [-0.2, 0) is 10.2 Å². The van der Waals surface area contributed by atoms with Gasteiger partial charge in [-0.15, -0.1) is 0 Å². The summed E-state index contributed by atoms with van der Waals surface area (Å²) >= 11 is 0. The highest BCUT2D eigenvalue weighted by molar-refractivity contribution is 7.90. The van der Waals surface area contributed by atoms with E-state index in [9.17, 15) is 8.42 Å². The number of nitrogen functional groups attached to an aromatic ring is 1. The van der Waals surface area contributed by atoms with Crippen LogP contribution in [0.1, 0.15) is 0 Å². The molecule has 2 rings (SSSR count). The van der Waals surface area contributed by atoms with Crippen molar-refractivity contribution in [3.05, 3.63) is 12.1 Å². The molecule has 0 unspecified atom stereocenters. The van der Waals surface area contributed by atoms with Crippen LogP contribution in [0.25, 0.3) is 0 Å². The molecule has 1 aromatic carbocycles. The number of anilines is 2. The predicted molar refractivity (Wildman–Crippen MR) is 58.6 cm³/mol. The lowest BCUT2D eigenvalue weighted by Gasteiger charge is -2.09. The molecule has 0 amide bonds. The van der Waals surface area contributed by atoms with E-state index >= 15 is 0 Å². The molecule has 0 atom stereocenters. The van der Waals surface area contributed by atoms with Crippen molar-refractivity contribution in [2.24, 2.45) is 0 Å². The molecule has 7 nitrogen and oxygen atoms in total. The molecular formula is C8H11N3O4S. The Morgan fingerprint density at radius 2 is 1.94 bits per heavy atom. The van der Waals surface area contributed by atoms with Gasteiger partial charge in [0.05, 0.1) is 11.4 Å². The van der Waals surface area contributed by atoms with Crippen LogP contribution in [0.5, 0.6) is 11.5 Å². The SMILES string of the molecule is CNS(=O)(=O)Nc1cc2c(cc1N)OCO2. The number of hydrogen-bond donors (Lipinski definition) is 3. The fourth-order valence-electron chi connectivity index (χ4n) is 1.24. The maximum atomic E-state index is 11.3. The molecule has 1 aliphatic rings. The molecule has 0 spiro atoms. The van der Waals surface area contributed by atoms with Gasteiger partial charge in [-0.05, 0) is 0 Å². The molecule has 1 aliphatic heterocycles. The van der Waals surface area contributed by atoms with Crippen molar-refractivity contribution in [3.63, 3.8) is 0 Å². The van der Waals surface area contributed by atoms with Crippen molar-refractivity contribution in [3.8, 4) is 11.5 Å². The molecule has 8 heteroatoms. The Morgan fingerprint density at radius 3 is 2.56 bits per heavy atom. The molecule has 0 saturated carbocycles. The first-order chi connectivity index (χ1) is 7.52. The normalized spacial score (nSPS) is 13.8. The molecule has 0 bridgehead atoms. The minimum atomic E-state index is -3.59. The van der Waals surface area contributed by atoms with Crippen LogP contribution < -0.4 is 24.7 Å². The fraction of sp³-hybridized carbons (Fsp3) is 0.250. The highest BCUT2D eigenvalue weighted by atomic mass is 32.2. The van der Waals surface area contributed by atoms with Crippen LogP contribution in [0.4, 0.5) is 11.4 Å². The van der Waals surface area contributed by atoms with E-state index in [0.29, 0.717) is 11.5 Å². The van der Waals surface area contributed by atoms with E-state index in [1.165, 1.54) is 19.2 Å². The molecule has 4 N–H and O–H groups in total. The highest BCUT2D eigenvalue weighted by Gasteiger charge is 2.18. The lowest BCUT2D eigenvalue weighted by molar-refractivity contribution is 0.174. The second kappa shape index (κ2) is 3.72. The zero-order valence-corrected chi connectivity index (χ0v) is 9.30. The standard InChI is InChI=1S/C8H11N3O4S/c1-10-16(12,13)11-6-3-8-7(2-5(6)9)14-4-15-8/h2-3,10-11H,4,9H2,1H3. The summed E-state index contributed by atoms with van der Waals surface area (Å²) < 4.78 is 37.1. The zero-order valence-electron chi connectivity index (χ0n) is 8.48. The number of hydrogen-bond acceptors (Lipinski definition) is 5. The smallest absolute Gasteiger partial charge is 0.298 e. The molecule has 0 radical (unpaired) electrons. The van der Waals surface area contributed by atoms with Crippen molar-refractivity contribution >= 4 is 21.6 Å². The van der Waals surface area contributed by atoms with Gasteiger partial charge in [0.1, 0.15) is 0 Å². The first kappa shape index (κ1) is 10.8. The van der Waals surface area contributed by atoms with Crippen molar-refractivity contribution in [1.29, 1.82) is 0 Å². The summed E-state index contributed by atoms with van der Waals surface area (Å²) in [5, 5.41) is 0.